The molecule has 2 aliphatic rings. The molecule has 0 N–H and O–H groups in total. The van der Waals surface area contributed by atoms with E-state index in [1.165, 1.54) is 24.8 Å². The lowest BCUT2D eigenvalue weighted by Gasteiger charge is -2.33. The lowest BCUT2D eigenvalue weighted by molar-refractivity contribution is -0.126. The Bertz CT molecular complexity index is 488. The van der Waals surface area contributed by atoms with Crippen LogP contribution in [0, 0.1) is 5.92 Å². The van der Waals surface area contributed by atoms with Gasteiger partial charge in [-0.05, 0) is 49.9 Å². The van der Waals surface area contributed by atoms with Gasteiger partial charge < -0.3 is 0 Å². The quantitative estimate of drug-likeness (QED) is 0.826. The van der Waals surface area contributed by atoms with Crippen LogP contribution in [-0.4, -0.2) is 23.3 Å². The minimum Gasteiger partial charge on any atom is -0.299 e. The number of hydrogen-bond donors (Lipinski definition) is 0. The van der Waals surface area contributed by atoms with E-state index in [9.17, 15) is 4.79 Å². The molecule has 0 bridgehead atoms. The molecule has 2 nitrogen and oxygen atoms in total. The van der Waals surface area contributed by atoms with Crippen LogP contribution in [0.5, 0.6) is 0 Å². The number of nitrogens with zero attached hydrogens (tertiary/aromatic N) is 1. The van der Waals surface area contributed by atoms with E-state index in [0.29, 0.717) is 17.7 Å². The van der Waals surface area contributed by atoms with Gasteiger partial charge >= 0.3 is 0 Å². The molecule has 1 saturated heterocycles. The van der Waals surface area contributed by atoms with Crippen LogP contribution in [0.2, 0.25) is 0 Å². The molecule has 1 saturated carbocycles. The molecule has 1 aromatic carbocycles. The molecule has 0 radical (unpaired) electrons. The number of carbonyl (C=O) groups excluding carboxylic acids is 1. The van der Waals surface area contributed by atoms with Crippen LogP contribution in [0.4, 0.5) is 0 Å². The second kappa shape index (κ2) is 6.40. The summed E-state index contributed by atoms with van der Waals surface area (Å²) in [7, 11) is 0. The van der Waals surface area contributed by atoms with E-state index >= 15 is 0 Å². The van der Waals surface area contributed by atoms with E-state index in [0.717, 1.165) is 36.8 Å². The van der Waals surface area contributed by atoms with Crippen molar-refractivity contribution in [2.75, 3.05) is 6.54 Å². The van der Waals surface area contributed by atoms with Crippen molar-refractivity contribution < 1.29 is 4.79 Å². The smallest absolute Gasteiger partial charge is 0.137 e. The number of rotatable bonds is 3. The average molecular weight is 336 g/mol. The van der Waals surface area contributed by atoms with Crippen molar-refractivity contribution in [2.45, 2.75) is 51.1 Å². The maximum atomic E-state index is 12.2. The zero-order chi connectivity index (χ0) is 13.9. The fraction of sp³-hybridized carbons (Fsp3) is 0.588. The normalized spacial score (nSPS) is 27.9. The predicted octanol–water partition coefficient (Wildman–Crippen LogP) is 4.17. The van der Waals surface area contributed by atoms with Gasteiger partial charge in [-0.25, -0.2) is 0 Å². The molecule has 0 amide bonds. The van der Waals surface area contributed by atoms with Crippen LogP contribution >= 0.6 is 15.9 Å². The highest BCUT2D eigenvalue weighted by atomic mass is 79.9. The molecular formula is C17H22BrNO. The lowest BCUT2D eigenvalue weighted by Crippen LogP contribution is -2.40. The van der Waals surface area contributed by atoms with E-state index in [2.05, 4.69) is 45.1 Å². The zero-order valence-electron chi connectivity index (χ0n) is 11.9. The van der Waals surface area contributed by atoms with E-state index in [1.54, 1.807) is 0 Å². The summed E-state index contributed by atoms with van der Waals surface area (Å²) in [5.41, 5.74) is 1.34. The van der Waals surface area contributed by atoms with Crippen molar-refractivity contribution in [1.82, 2.24) is 4.90 Å². The number of likely N-dealkylation sites (tertiary alicyclic amines) is 1. The van der Waals surface area contributed by atoms with Crippen molar-refractivity contribution >= 4 is 21.7 Å². The number of benzene rings is 1. The Morgan fingerprint density at radius 2 is 2.10 bits per heavy atom. The number of hydrogen-bond acceptors (Lipinski definition) is 2. The first-order valence-electron chi connectivity index (χ1n) is 7.75. The molecule has 2 fully saturated rings. The van der Waals surface area contributed by atoms with Crippen LogP contribution < -0.4 is 0 Å². The molecule has 0 aromatic heterocycles. The van der Waals surface area contributed by atoms with Crippen molar-refractivity contribution in [2.24, 2.45) is 5.92 Å². The maximum absolute atomic E-state index is 12.2. The van der Waals surface area contributed by atoms with Gasteiger partial charge in [0.15, 0.2) is 0 Å². The van der Waals surface area contributed by atoms with Crippen LogP contribution in [0.15, 0.2) is 28.7 Å². The molecule has 3 rings (SSSR count). The third-order valence-corrected chi connectivity index (χ3v) is 5.25. The van der Waals surface area contributed by atoms with E-state index in [4.69, 9.17) is 0 Å². The highest BCUT2D eigenvalue weighted by Gasteiger charge is 2.36. The lowest BCUT2D eigenvalue weighted by atomic mass is 9.82. The molecule has 0 spiro atoms. The third kappa shape index (κ3) is 3.15. The largest absolute Gasteiger partial charge is 0.299 e. The highest BCUT2D eigenvalue weighted by Crippen LogP contribution is 2.33. The van der Waals surface area contributed by atoms with Gasteiger partial charge in [0, 0.05) is 29.4 Å². The van der Waals surface area contributed by atoms with Gasteiger partial charge in [0.1, 0.15) is 5.78 Å². The van der Waals surface area contributed by atoms with E-state index in [-0.39, 0.29) is 0 Å². The summed E-state index contributed by atoms with van der Waals surface area (Å²) in [5.74, 6) is 0.820. The summed E-state index contributed by atoms with van der Waals surface area (Å²) in [6.45, 7) is 2.12. The van der Waals surface area contributed by atoms with Gasteiger partial charge in [-0.15, -0.1) is 0 Å². The van der Waals surface area contributed by atoms with Crippen LogP contribution in [-0.2, 0) is 11.3 Å². The molecule has 2 atom stereocenters. The Labute approximate surface area is 129 Å². The molecule has 3 heteroatoms. The SMILES string of the molecule is O=C1CCCCC1C1CCCN1Cc1cccc(Br)c1. The van der Waals surface area contributed by atoms with E-state index in [1.807, 2.05) is 0 Å². The second-order valence-electron chi connectivity index (χ2n) is 6.13. The topological polar surface area (TPSA) is 20.3 Å². The van der Waals surface area contributed by atoms with Crippen molar-refractivity contribution in [3.8, 4) is 0 Å². The minimum absolute atomic E-state index is 0.304. The van der Waals surface area contributed by atoms with Crippen LogP contribution in [0.25, 0.3) is 0 Å². The fourth-order valence-electron chi connectivity index (χ4n) is 3.79. The summed E-state index contributed by atoms with van der Waals surface area (Å²) in [6, 6.07) is 9.02. The summed E-state index contributed by atoms with van der Waals surface area (Å²) in [5, 5.41) is 0. The Kier molecular flexibility index (Phi) is 4.57. The Morgan fingerprint density at radius 3 is 2.90 bits per heavy atom. The van der Waals surface area contributed by atoms with Gasteiger partial charge in [-0.2, -0.15) is 0 Å². The molecule has 1 heterocycles. The zero-order valence-corrected chi connectivity index (χ0v) is 13.4. The molecule has 1 aromatic rings. The standard InChI is InChI=1S/C17H22BrNO/c18-14-6-3-5-13(11-14)12-19-10-4-8-16(19)15-7-1-2-9-17(15)20/h3,5-6,11,15-16H,1-2,4,7-10,12H2. The maximum Gasteiger partial charge on any atom is 0.137 e. The minimum atomic E-state index is 0.304. The molecule has 2 unspecified atom stereocenters. The number of carbonyl (C=O) groups is 1. The van der Waals surface area contributed by atoms with Crippen molar-refractivity contribution in [3.05, 3.63) is 34.3 Å². The predicted molar refractivity (Wildman–Crippen MR) is 84.5 cm³/mol. The summed E-state index contributed by atoms with van der Waals surface area (Å²) < 4.78 is 1.14. The highest BCUT2D eigenvalue weighted by molar-refractivity contribution is 9.10. The van der Waals surface area contributed by atoms with E-state index < -0.39 is 0 Å². The molecule has 1 aliphatic carbocycles. The average Bonchev–Trinajstić information content (AvgIpc) is 2.87. The summed E-state index contributed by atoms with van der Waals surface area (Å²) in [6.07, 6.45) is 6.70. The van der Waals surface area contributed by atoms with Gasteiger partial charge in [0.05, 0.1) is 0 Å². The van der Waals surface area contributed by atoms with Gasteiger partial charge in [-0.3, -0.25) is 9.69 Å². The molecule has 1 aliphatic heterocycles. The van der Waals surface area contributed by atoms with Crippen LogP contribution in [0.1, 0.15) is 44.1 Å². The van der Waals surface area contributed by atoms with Crippen molar-refractivity contribution in [3.63, 3.8) is 0 Å². The second-order valence-corrected chi connectivity index (χ2v) is 7.04. The molecular weight excluding hydrogens is 314 g/mol. The van der Waals surface area contributed by atoms with Crippen molar-refractivity contribution in [1.29, 1.82) is 0 Å². The Morgan fingerprint density at radius 1 is 1.20 bits per heavy atom. The fourth-order valence-corrected chi connectivity index (χ4v) is 4.24. The monoisotopic (exact) mass is 335 g/mol. The first-order chi connectivity index (χ1) is 9.74. The first kappa shape index (κ1) is 14.3. The molecule has 20 heavy (non-hydrogen) atoms. The Balaban J connectivity index is 1.70. The first-order valence-corrected chi connectivity index (χ1v) is 8.54. The number of Topliss-reactive ketones (excluding diaryl/α,β-unsaturated/α-hetero) is 1. The van der Waals surface area contributed by atoms with Gasteiger partial charge in [-0.1, -0.05) is 34.5 Å². The van der Waals surface area contributed by atoms with Gasteiger partial charge in [0.25, 0.3) is 0 Å². The van der Waals surface area contributed by atoms with Gasteiger partial charge in [0.2, 0.25) is 0 Å². The molecule has 108 valence electrons. The summed E-state index contributed by atoms with van der Waals surface area (Å²) in [4.78, 5) is 14.7. The number of ketones is 1. The summed E-state index contributed by atoms with van der Waals surface area (Å²) >= 11 is 3.54. The van der Waals surface area contributed by atoms with Crippen LogP contribution in [0.3, 0.4) is 0 Å². The number of halogens is 1. The Hall–Kier alpha value is -0.670. The third-order valence-electron chi connectivity index (χ3n) is 4.76.